The summed E-state index contributed by atoms with van der Waals surface area (Å²) >= 11 is 6.53. The number of ether oxygens (including phenoxy) is 1. The molecule has 0 unspecified atom stereocenters. The number of hydrogen-bond acceptors (Lipinski definition) is 1. The molecule has 0 saturated heterocycles. The Bertz CT molecular complexity index is 1710. The molecule has 5 heteroatoms. The van der Waals surface area contributed by atoms with Gasteiger partial charge in [-0.2, -0.15) is 13.2 Å². The van der Waals surface area contributed by atoms with Crippen LogP contribution in [0, 0.1) is 6.42 Å². The van der Waals surface area contributed by atoms with E-state index in [0.29, 0.717) is 22.8 Å². The second kappa shape index (κ2) is 8.97. The van der Waals surface area contributed by atoms with Crippen LogP contribution in [0.15, 0.2) is 91.0 Å². The Kier molecular flexibility index (Phi) is 5.73. The van der Waals surface area contributed by atoms with Gasteiger partial charge in [0.1, 0.15) is 5.75 Å². The zero-order chi connectivity index (χ0) is 25.7. The van der Waals surface area contributed by atoms with Crippen molar-refractivity contribution in [1.82, 2.24) is 0 Å². The van der Waals surface area contributed by atoms with Crippen LogP contribution in [0.2, 0.25) is 5.02 Å². The van der Waals surface area contributed by atoms with Gasteiger partial charge in [0.05, 0.1) is 12.7 Å². The predicted octanol–water partition coefficient (Wildman–Crippen LogP) is 9.53. The van der Waals surface area contributed by atoms with E-state index in [1.165, 1.54) is 6.07 Å². The summed E-state index contributed by atoms with van der Waals surface area (Å²) in [6.07, 6.45) is -0.00725. The maximum absolute atomic E-state index is 13.3. The van der Waals surface area contributed by atoms with Crippen molar-refractivity contribution in [3.05, 3.63) is 125 Å². The normalized spacial score (nSPS) is 13.5. The molecule has 1 aliphatic rings. The minimum atomic E-state index is -4.37. The van der Waals surface area contributed by atoms with Gasteiger partial charge >= 0.3 is 6.18 Å². The van der Waals surface area contributed by atoms with Gasteiger partial charge in [0.15, 0.2) is 0 Å². The van der Waals surface area contributed by atoms with Crippen LogP contribution in [-0.4, -0.2) is 7.11 Å². The van der Waals surface area contributed by atoms with Gasteiger partial charge in [-0.1, -0.05) is 72.3 Å². The van der Waals surface area contributed by atoms with Crippen molar-refractivity contribution in [2.45, 2.75) is 12.6 Å². The summed E-state index contributed by atoms with van der Waals surface area (Å²) < 4.78 is 45.6. The lowest BCUT2D eigenvalue weighted by Crippen LogP contribution is -2.09. The van der Waals surface area contributed by atoms with E-state index in [0.717, 1.165) is 55.4 Å². The first kappa shape index (κ1) is 23.6. The van der Waals surface area contributed by atoms with E-state index in [2.05, 4.69) is 30.3 Å². The number of fused-ring (bicyclic) bond motifs is 3. The van der Waals surface area contributed by atoms with Crippen LogP contribution in [0.3, 0.4) is 0 Å². The molecule has 0 N–H and O–H groups in total. The molecule has 6 rings (SSSR count). The van der Waals surface area contributed by atoms with Crippen LogP contribution in [0.5, 0.6) is 5.75 Å². The summed E-state index contributed by atoms with van der Waals surface area (Å²) in [5.41, 5.74) is 4.80. The Morgan fingerprint density at radius 3 is 2.41 bits per heavy atom. The largest absolute Gasteiger partial charge is 0.496 e. The SMILES string of the molecule is COc1cc(Cl)cc2c(C3=CCc4cc(C(F)(F)F)ccc4[CH]3)c(-c3cccc4ccccc34)ccc12. The van der Waals surface area contributed by atoms with E-state index in [1.54, 1.807) is 19.2 Å². The highest BCUT2D eigenvalue weighted by molar-refractivity contribution is 6.32. The highest BCUT2D eigenvalue weighted by Gasteiger charge is 2.31. The Hall–Kier alpha value is -3.76. The van der Waals surface area contributed by atoms with Gasteiger partial charge in [-0.15, -0.1) is 0 Å². The molecule has 37 heavy (non-hydrogen) atoms. The third-order valence-electron chi connectivity index (χ3n) is 6.97. The van der Waals surface area contributed by atoms with E-state index < -0.39 is 11.7 Å². The van der Waals surface area contributed by atoms with Gasteiger partial charge < -0.3 is 4.74 Å². The third kappa shape index (κ3) is 4.15. The molecule has 0 fully saturated rings. The summed E-state index contributed by atoms with van der Waals surface area (Å²) in [4.78, 5) is 0. The molecule has 1 radical (unpaired) electrons. The smallest absolute Gasteiger partial charge is 0.416 e. The molecule has 0 atom stereocenters. The Balaban J connectivity index is 1.60. The zero-order valence-electron chi connectivity index (χ0n) is 19.9. The average Bonchev–Trinajstić information content (AvgIpc) is 2.90. The van der Waals surface area contributed by atoms with Gasteiger partial charge in [0.2, 0.25) is 0 Å². The van der Waals surface area contributed by atoms with Crippen LogP contribution in [0.1, 0.15) is 22.3 Å². The zero-order valence-corrected chi connectivity index (χ0v) is 20.6. The molecule has 0 aromatic heterocycles. The Morgan fingerprint density at radius 2 is 1.59 bits per heavy atom. The molecule has 5 aromatic carbocycles. The van der Waals surface area contributed by atoms with E-state index in [1.807, 2.05) is 42.8 Å². The van der Waals surface area contributed by atoms with Crippen LogP contribution in [0.4, 0.5) is 13.2 Å². The fourth-order valence-corrected chi connectivity index (χ4v) is 5.46. The molecule has 0 amide bonds. The standard InChI is InChI=1S/C32H21ClF3O/c1-37-30-18-24(33)17-29-27(30)13-14-28(26-8-4-6-19-5-2-3-7-25(19)26)31(29)22-10-9-21-16-23(32(34,35)36)12-11-20(21)15-22/h2-8,10-18H,9H2,1H3. The minimum Gasteiger partial charge on any atom is -0.496 e. The third-order valence-corrected chi connectivity index (χ3v) is 7.19. The second-order valence-electron chi connectivity index (χ2n) is 9.14. The maximum atomic E-state index is 13.3. The predicted molar refractivity (Wildman–Crippen MR) is 145 cm³/mol. The van der Waals surface area contributed by atoms with Crippen LogP contribution in [0.25, 0.3) is 38.2 Å². The van der Waals surface area contributed by atoms with E-state index in [-0.39, 0.29) is 0 Å². The van der Waals surface area contributed by atoms with E-state index in [4.69, 9.17) is 16.3 Å². The fraction of sp³-hybridized carbons (Fsp3) is 0.0938. The first-order chi connectivity index (χ1) is 17.8. The van der Waals surface area contributed by atoms with Gasteiger partial charge in [0.25, 0.3) is 0 Å². The van der Waals surface area contributed by atoms with Crippen molar-refractivity contribution < 1.29 is 17.9 Å². The Labute approximate surface area is 217 Å². The molecule has 5 aromatic rings. The number of benzene rings is 5. The maximum Gasteiger partial charge on any atom is 0.416 e. The molecule has 0 aliphatic heterocycles. The molecule has 1 nitrogen and oxygen atoms in total. The quantitative estimate of drug-likeness (QED) is 0.233. The van der Waals surface area contributed by atoms with Gasteiger partial charge in [-0.3, -0.25) is 0 Å². The summed E-state index contributed by atoms with van der Waals surface area (Å²) in [5.74, 6) is 0.667. The van der Waals surface area contributed by atoms with E-state index in [9.17, 15) is 13.2 Å². The van der Waals surface area contributed by atoms with Crippen molar-refractivity contribution in [2.24, 2.45) is 0 Å². The first-order valence-corrected chi connectivity index (χ1v) is 12.2. The highest BCUT2D eigenvalue weighted by atomic mass is 35.5. The molecular formula is C32H21ClF3O. The van der Waals surface area contributed by atoms with Gasteiger partial charge in [-0.05, 0) is 86.3 Å². The average molecular weight is 514 g/mol. The molecule has 183 valence electrons. The number of rotatable bonds is 3. The van der Waals surface area contributed by atoms with Crippen molar-refractivity contribution in [1.29, 1.82) is 0 Å². The molecular weight excluding hydrogens is 493 g/mol. The summed E-state index contributed by atoms with van der Waals surface area (Å²) in [5, 5.41) is 4.63. The van der Waals surface area contributed by atoms with E-state index >= 15 is 0 Å². The van der Waals surface area contributed by atoms with Crippen LogP contribution in [-0.2, 0) is 12.6 Å². The number of alkyl halides is 3. The lowest BCUT2D eigenvalue weighted by atomic mass is 9.81. The number of halogens is 4. The number of hydrogen-bond donors (Lipinski definition) is 0. The summed E-state index contributed by atoms with van der Waals surface area (Å²) in [6.45, 7) is 0. The van der Waals surface area contributed by atoms with Crippen molar-refractivity contribution in [3.8, 4) is 16.9 Å². The van der Waals surface area contributed by atoms with Gasteiger partial charge in [-0.25, -0.2) is 0 Å². The second-order valence-corrected chi connectivity index (χ2v) is 9.57. The molecule has 0 heterocycles. The fourth-order valence-electron chi connectivity index (χ4n) is 5.25. The Morgan fingerprint density at radius 1 is 0.784 bits per heavy atom. The van der Waals surface area contributed by atoms with Crippen molar-refractivity contribution in [2.75, 3.05) is 7.11 Å². The van der Waals surface area contributed by atoms with Crippen LogP contribution >= 0.6 is 11.6 Å². The monoisotopic (exact) mass is 513 g/mol. The summed E-state index contributed by atoms with van der Waals surface area (Å²) in [6, 6.07) is 26.2. The molecule has 1 aliphatic carbocycles. The molecule has 0 saturated carbocycles. The topological polar surface area (TPSA) is 9.23 Å². The summed E-state index contributed by atoms with van der Waals surface area (Å²) in [7, 11) is 1.61. The van der Waals surface area contributed by atoms with Gasteiger partial charge in [0, 0.05) is 16.8 Å². The highest BCUT2D eigenvalue weighted by Crippen LogP contribution is 2.44. The van der Waals surface area contributed by atoms with Crippen molar-refractivity contribution >= 4 is 38.7 Å². The minimum absolute atomic E-state index is 0.397. The number of methoxy groups -OCH3 is 1. The van der Waals surface area contributed by atoms with Crippen LogP contribution < -0.4 is 4.74 Å². The van der Waals surface area contributed by atoms with Crippen molar-refractivity contribution in [3.63, 3.8) is 0 Å². The molecule has 0 spiro atoms. The first-order valence-electron chi connectivity index (χ1n) is 11.9. The lowest BCUT2D eigenvalue weighted by Gasteiger charge is -2.23. The number of allylic oxidation sites excluding steroid dienone is 2. The lowest BCUT2D eigenvalue weighted by molar-refractivity contribution is -0.137. The molecule has 0 bridgehead atoms.